The van der Waals surface area contributed by atoms with Crippen LogP contribution in [0.4, 0.5) is 0 Å². The van der Waals surface area contributed by atoms with E-state index in [9.17, 15) is 4.79 Å². The Balaban J connectivity index is 1.36. The Morgan fingerprint density at radius 1 is 1.00 bits per heavy atom. The molecule has 0 radical (unpaired) electrons. The number of aromatic nitrogens is 1. The van der Waals surface area contributed by atoms with Crippen LogP contribution in [0, 0.1) is 5.41 Å². The first-order chi connectivity index (χ1) is 14.5. The molecule has 4 heteroatoms. The topological polar surface area (TPSA) is 28.5 Å². The molecule has 2 fully saturated rings. The zero-order valence-corrected chi connectivity index (χ0v) is 18.2. The molecule has 30 heavy (non-hydrogen) atoms. The maximum Gasteiger partial charge on any atom is 0.232 e. The van der Waals surface area contributed by atoms with Crippen LogP contribution in [0.5, 0.6) is 0 Å². The number of nitrogens with zero attached hydrogens (tertiary/aromatic N) is 3. The first-order valence-electron chi connectivity index (χ1n) is 11.1. The third kappa shape index (κ3) is 2.89. The number of amides is 1. The van der Waals surface area contributed by atoms with E-state index in [4.69, 9.17) is 0 Å². The van der Waals surface area contributed by atoms with E-state index in [1.54, 1.807) is 0 Å². The fourth-order valence-corrected chi connectivity index (χ4v) is 5.73. The number of para-hydroxylation sites is 1. The number of hydrogen-bond acceptors (Lipinski definition) is 2. The lowest BCUT2D eigenvalue weighted by molar-refractivity contribution is -0.185. The van der Waals surface area contributed by atoms with Gasteiger partial charge < -0.3 is 9.47 Å². The van der Waals surface area contributed by atoms with Gasteiger partial charge in [-0.15, -0.1) is 0 Å². The fraction of sp³-hybridized carbons (Fsp3) is 0.423. The summed E-state index contributed by atoms with van der Waals surface area (Å²) in [4.78, 5) is 17.9. The number of aryl methyl sites for hydroxylation is 1. The molecule has 0 aliphatic carbocycles. The molecule has 2 aromatic carbocycles. The van der Waals surface area contributed by atoms with E-state index in [0.717, 1.165) is 32.5 Å². The molecule has 3 heterocycles. The Bertz CT molecular complexity index is 1060. The van der Waals surface area contributed by atoms with Crippen LogP contribution in [0.25, 0.3) is 10.9 Å². The highest BCUT2D eigenvalue weighted by molar-refractivity contribution is 5.91. The van der Waals surface area contributed by atoms with Gasteiger partial charge in [0.2, 0.25) is 5.91 Å². The van der Waals surface area contributed by atoms with E-state index in [1.807, 2.05) is 0 Å². The summed E-state index contributed by atoms with van der Waals surface area (Å²) in [5.41, 5.74) is 3.73. The Labute approximate surface area is 179 Å². The molecule has 156 valence electrons. The maximum absolute atomic E-state index is 13.3. The fourth-order valence-electron chi connectivity index (χ4n) is 5.73. The first-order valence-corrected chi connectivity index (χ1v) is 11.1. The van der Waals surface area contributed by atoms with Crippen molar-refractivity contribution in [1.29, 1.82) is 0 Å². The molecule has 2 saturated heterocycles. The van der Waals surface area contributed by atoms with E-state index in [-0.39, 0.29) is 17.5 Å². The largest absolute Gasteiger partial charge is 0.350 e. The molecule has 5 rings (SSSR count). The van der Waals surface area contributed by atoms with Gasteiger partial charge in [0.05, 0.1) is 11.5 Å². The summed E-state index contributed by atoms with van der Waals surface area (Å²) < 4.78 is 2.22. The van der Waals surface area contributed by atoms with Crippen molar-refractivity contribution in [1.82, 2.24) is 14.4 Å². The van der Waals surface area contributed by atoms with Gasteiger partial charge in [0.25, 0.3) is 0 Å². The van der Waals surface area contributed by atoms with Gasteiger partial charge in [-0.1, -0.05) is 48.5 Å². The van der Waals surface area contributed by atoms with Gasteiger partial charge in [0.1, 0.15) is 0 Å². The molecule has 3 aromatic rings. The predicted molar refractivity (Wildman–Crippen MR) is 121 cm³/mol. The third-order valence-electron chi connectivity index (χ3n) is 7.26. The van der Waals surface area contributed by atoms with Crippen LogP contribution < -0.4 is 0 Å². The summed E-state index contributed by atoms with van der Waals surface area (Å²) in [6, 6.07) is 19.7. The SMILES string of the molecule is CC(C)N1C(=O)C2(CCN(Cc3cn(C)c4ccccc34)CC2)C1c1ccccc1. The lowest BCUT2D eigenvalue weighted by Gasteiger charge is -2.60. The number of carbonyl (C=O) groups is 1. The number of rotatable bonds is 4. The molecule has 0 bridgehead atoms. The molecule has 2 aliphatic rings. The normalized spacial score (nSPS) is 21.5. The summed E-state index contributed by atoms with van der Waals surface area (Å²) in [5, 5.41) is 1.34. The van der Waals surface area contributed by atoms with Crippen LogP contribution in [0.1, 0.15) is 43.9 Å². The summed E-state index contributed by atoms with van der Waals surface area (Å²) in [7, 11) is 2.12. The number of fused-ring (bicyclic) bond motifs is 1. The van der Waals surface area contributed by atoms with Gasteiger partial charge in [0.15, 0.2) is 0 Å². The monoisotopic (exact) mass is 401 g/mol. The van der Waals surface area contributed by atoms with Crippen molar-refractivity contribution in [2.75, 3.05) is 13.1 Å². The molecule has 1 unspecified atom stereocenters. The number of carbonyl (C=O) groups excluding carboxylic acids is 1. The van der Waals surface area contributed by atoms with Crippen LogP contribution in [0.2, 0.25) is 0 Å². The molecule has 0 saturated carbocycles. The molecular weight excluding hydrogens is 370 g/mol. The summed E-state index contributed by atoms with van der Waals surface area (Å²) in [5.74, 6) is 0.358. The first kappa shape index (κ1) is 19.4. The molecular formula is C26H31N3O. The molecule has 4 nitrogen and oxygen atoms in total. The average molecular weight is 402 g/mol. The van der Waals surface area contributed by atoms with Crippen molar-refractivity contribution in [2.24, 2.45) is 12.5 Å². The minimum absolute atomic E-state index is 0.214. The number of likely N-dealkylation sites (tertiary alicyclic amines) is 2. The van der Waals surface area contributed by atoms with E-state index in [1.165, 1.54) is 22.0 Å². The van der Waals surface area contributed by atoms with Crippen molar-refractivity contribution >= 4 is 16.8 Å². The smallest absolute Gasteiger partial charge is 0.232 e. The van der Waals surface area contributed by atoms with Gasteiger partial charge in [-0.2, -0.15) is 0 Å². The van der Waals surface area contributed by atoms with Crippen LogP contribution in [-0.4, -0.2) is 39.4 Å². The van der Waals surface area contributed by atoms with Crippen molar-refractivity contribution in [3.05, 3.63) is 71.9 Å². The highest BCUT2D eigenvalue weighted by Crippen LogP contribution is 2.56. The zero-order valence-electron chi connectivity index (χ0n) is 18.2. The second-order valence-electron chi connectivity index (χ2n) is 9.33. The van der Waals surface area contributed by atoms with Crippen molar-refractivity contribution in [3.8, 4) is 0 Å². The van der Waals surface area contributed by atoms with Crippen LogP contribution >= 0.6 is 0 Å². The minimum Gasteiger partial charge on any atom is -0.350 e. The second kappa shape index (κ2) is 7.28. The maximum atomic E-state index is 13.3. The lowest BCUT2D eigenvalue weighted by Crippen LogP contribution is -2.67. The van der Waals surface area contributed by atoms with Gasteiger partial charge in [-0.05, 0) is 57.0 Å². The number of β-lactam (4-membered cyclic amide) rings is 1. The van der Waals surface area contributed by atoms with Crippen LogP contribution in [0.15, 0.2) is 60.8 Å². The number of piperidine rings is 1. The summed E-state index contributed by atoms with van der Waals surface area (Å²) >= 11 is 0. The van der Waals surface area contributed by atoms with Crippen LogP contribution in [-0.2, 0) is 18.4 Å². The van der Waals surface area contributed by atoms with E-state index < -0.39 is 0 Å². The Morgan fingerprint density at radius 3 is 2.37 bits per heavy atom. The van der Waals surface area contributed by atoms with E-state index in [2.05, 4.69) is 96.1 Å². The summed E-state index contributed by atoms with van der Waals surface area (Å²) in [6.07, 6.45) is 4.15. The molecule has 0 N–H and O–H groups in total. The Hall–Kier alpha value is -2.59. The highest BCUT2D eigenvalue weighted by atomic mass is 16.2. The Kier molecular flexibility index (Phi) is 4.70. The highest BCUT2D eigenvalue weighted by Gasteiger charge is 2.61. The van der Waals surface area contributed by atoms with Gasteiger partial charge in [0, 0.05) is 36.7 Å². The van der Waals surface area contributed by atoms with Gasteiger partial charge >= 0.3 is 0 Å². The third-order valence-corrected chi connectivity index (χ3v) is 7.26. The number of hydrogen-bond donors (Lipinski definition) is 0. The van der Waals surface area contributed by atoms with Crippen molar-refractivity contribution < 1.29 is 4.79 Å². The molecule has 1 aromatic heterocycles. The molecule has 2 aliphatic heterocycles. The standard InChI is InChI=1S/C26H31N3O/c1-19(2)29-24(20-9-5-4-6-10-20)26(25(29)30)13-15-28(16-14-26)18-21-17-27(3)23-12-8-7-11-22(21)23/h4-12,17,19,24H,13-16,18H2,1-3H3. The van der Waals surface area contributed by atoms with Crippen LogP contribution in [0.3, 0.4) is 0 Å². The summed E-state index contributed by atoms with van der Waals surface area (Å²) in [6.45, 7) is 7.18. The van der Waals surface area contributed by atoms with Crippen molar-refractivity contribution in [3.63, 3.8) is 0 Å². The van der Waals surface area contributed by atoms with Gasteiger partial charge in [-0.3, -0.25) is 9.69 Å². The second-order valence-corrected chi connectivity index (χ2v) is 9.33. The van der Waals surface area contributed by atoms with E-state index >= 15 is 0 Å². The quantitative estimate of drug-likeness (QED) is 0.590. The predicted octanol–water partition coefficient (Wildman–Crippen LogP) is 4.75. The molecule has 1 atom stereocenters. The minimum atomic E-state index is -0.221. The lowest BCUT2D eigenvalue weighted by atomic mass is 9.61. The zero-order chi connectivity index (χ0) is 20.9. The van der Waals surface area contributed by atoms with Crippen molar-refractivity contribution in [2.45, 2.75) is 45.3 Å². The average Bonchev–Trinajstić information content (AvgIpc) is 3.08. The number of benzene rings is 2. The molecule has 1 amide bonds. The van der Waals surface area contributed by atoms with E-state index in [0.29, 0.717) is 5.91 Å². The Morgan fingerprint density at radius 2 is 1.67 bits per heavy atom. The van der Waals surface area contributed by atoms with Gasteiger partial charge in [-0.25, -0.2) is 0 Å². The molecule has 1 spiro atoms.